The van der Waals surface area contributed by atoms with Crippen LogP contribution in [0.1, 0.15) is 23.7 Å². The van der Waals surface area contributed by atoms with Crippen LogP contribution < -0.4 is 11.0 Å². The summed E-state index contributed by atoms with van der Waals surface area (Å²) in [7, 11) is 0. The summed E-state index contributed by atoms with van der Waals surface area (Å²) in [4.78, 5) is 25.6. The number of aromatic nitrogens is 2. The van der Waals surface area contributed by atoms with Crippen molar-refractivity contribution in [1.82, 2.24) is 15.2 Å². The standard InChI is InChI=1S/C25H19BrF2N4O2/c1-15(16-7-10-19(27)11-8-16)29-30-24(33)13-23-20-4-2-3-5-21(20)25(34)32(31-23)14-17-6-9-18(26)12-22(17)28/h2-12H,13-14H2,1H3,(H,30,33)/b29-15+. The third-order valence-electron chi connectivity index (χ3n) is 5.22. The Hall–Kier alpha value is -3.72. The number of nitrogens with zero attached hydrogens (tertiary/aromatic N) is 3. The number of benzene rings is 3. The fourth-order valence-corrected chi connectivity index (χ4v) is 3.78. The molecule has 0 radical (unpaired) electrons. The van der Waals surface area contributed by atoms with Crippen LogP contribution in [-0.4, -0.2) is 21.4 Å². The van der Waals surface area contributed by atoms with Gasteiger partial charge in [-0.15, -0.1) is 0 Å². The van der Waals surface area contributed by atoms with Gasteiger partial charge in [-0.3, -0.25) is 9.59 Å². The molecule has 4 aromatic rings. The molecule has 34 heavy (non-hydrogen) atoms. The normalized spacial score (nSPS) is 11.6. The van der Waals surface area contributed by atoms with E-state index in [4.69, 9.17) is 0 Å². The zero-order valence-corrected chi connectivity index (χ0v) is 19.6. The van der Waals surface area contributed by atoms with Crippen molar-refractivity contribution in [2.45, 2.75) is 19.9 Å². The molecule has 3 aromatic carbocycles. The van der Waals surface area contributed by atoms with Crippen LogP contribution in [0.15, 0.2) is 81.1 Å². The van der Waals surface area contributed by atoms with Crippen LogP contribution in [0.5, 0.6) is 0 Å². The summed E-state index contributed by atoms with van der Waals surface area (Å²) in [5.41, 5.74) is 3.91. The molecule has 172 valence electrons. The van der Waals surface area contributed by atoms with Crippen LogP contribution in [0.25, 0.3) is 10.8 Å². The van der Waals surface area contributed by atoms with Crippen LogP contribution in [0.4, 0.5) is 8.78 Å². The Bertz CT molecular complexity index is 1470. The molecular formula is C25H19BrF2N4O2. The first-order valence-electron chi connectivity index (χ1n) is 10.3. The van der Waals surface area contributed by atoms with E-state index in [1.54, 1.807) is 55.5 Å². The second-order valence-electron chi connectivity index (χ2n) is 7.61. The molecule has 0 aliphatic rings. The highest BCUT2D eigenvalue weighted by Gasteiger charge is 2.15. The van der Waals surface area contributed by atoms with Crippen LogP contribution in [-0.2, 0) is 17.8 Å². The summed E-state index contributed by atoms with van der Waals surface area (Å²) < 4.78 is 29.2. The molecule has 0 unspecified atom stereocenters. The molecular weight excluding hydrogens is 506 g/mol. The van der Waals surface area contributed by atoms with Gasteiger partial charge in [0, 0.05) is 15.4 Å². The predicted molar refractivity (Wildman–Crippen MR) is 130 cm³/mol. The van der Waals surface area contributed by atoms with Crippen molar-refractivity contribution in [3.63, 3.8) is 0 Å². The first kappa shape index (κ1) is 23.4. The third-order valence-corrected chi connectivity index (χ3v) is 5.71. The molecule has 1 heterocycles. The number of amides is 1. The first-order chi connectivity index (χ1) is 16.3. The Labute approximate surface area is 202 Å². The summed E-state index contributed by atoms with van der Waals surface area (Å²) in [6, 6.07) is 17.1. The fraction of sp³-hybridized carbons (Fsp3) is 0.120. The average molecular weight is 525 g/mol. The zero-order valence-electron chi connectivity index (χ0n) is 18.1. The van der Waals surface area contributed by atoms with Crippen LogP contribution in [0.2, 0.25) is 0 Å². The van der Waals surface area contributed by atoms with Crippen LogP contribution in [0.3, 0.4) is 0 Å². The largest absolute Gasteiger partial charge is 0.274 e. The second-order valence-corrected chi connectivity index (χ2v) is 8.52. The monoisotopic (exact) mass is 524 g/mol. The smallest absolute Gasteiger partial charge is 0.273 e. The summed E-state index contributed by atoms with van der Waals surface area (Å²) >= 11 is 3.21. The highest BCUT2D eigenvalue weighted by molar-refractivity contribution is 9.10. The molecule has 6 nitrogen and oxygen atoms in total. The molecule has 4 rings (SSSR count). The van der Waals surface area contributed by atoms with Crippen molar-refractivity contribution < 1.29 is 13.6 Å². The Balaban J connectivity index is 1.62. The second kappa shape index (κ2) is 10.0. The van der Waals surface area contributed by atoms with Gasteiger partial charge in [0.15, 0.2) is 0 Å². The molecule has 1 N–H and O–H groups in total. The first-order valence-corrected chi connectivity index (χ1v) is 11.1. The minimum Gasteiger partial charge on any atom is -0.273 e. The minimum atomic E-state index is -0.471. The number of rotatable bonds is 6. The molecule has 0 spiro atoms. The summed E-state index contributed by atoms with van der Waals surface area (Å²) in [5, 5.41) is 9.36. The minimum absolute atomic E-state index is 0.0841. The van der Waals surface area contributed by atoms with Crippen molar-refractivity contribution in [2.75, 3.05) is 0 Å². The van der Waals surface area contributed by atoms with Gasteiger partial charge >= 0.3 is 0 Å². The van der Waals surface area contributed by atoms with E-state index in [1.165, 1.54) is 18.2 Å². The van der Waals surface area contributed by atoms with E-state index < -0.39 is 11.7 Å². The van der Waals surface area contributed by atoms with E-state index in [0.29, 0.717) is 37.8 Å². The number of hydrazone groups is 1. The van der Waals surface area contributed by atoms with Gasteiger partial charge < -0.3 is 0 Å². The number of carbonyl (C=O) groups excluding carboxylic acids is 1. The van der Waals surface area contributed by atoms with Gasteiger partial charge in [0.25, 0.3) is 5.56 Å². The van der Waals surface area contributed by atoms with E-state index in [1.807, 2.05) is 0 Å². The lowest BCUT2D eigenvalue weighted by molar-refractivity contribution is -0.120. The molecule has 0 saturated heterocycles. The van der Waals surface area contributed by atoms with Gasteiger partial charge in [-0.2, -0.15) is 10.2 Å². The Morgan fingerprint density at radius 1 is 1.06 bits per heavy atom. The van der Waals surface area contributed by atoms with E-state index in [0.717, 1.165) is 4.68 Å². The van der Waals surface area contributed by atoms with Gasteiger partial charge in [0.1, 0.15) is 11.6 Å². The lowest BCUT2D eigenvalue weighted by atomic mass is 10.1. The molecule has 0 fully saturated rings. The van der Waals surface area contributed by atoms with Gasteiger partial charge in [-0.1, -0.05) is 52.3 Å². The number of carbonyl (C=O) groups is 1. The molecule has 0 saturated carbocycles. The fourth-order valence-electron chi connectivity index (χ4n) is 3.45. The van der Waals surface area contributed by atoms with Crippen molar-refractivity contribution in [1.29, 1.82) is 0 Å². The highest BCUT2D eigenvalue weighted by atomic mass is 79.9. The van der Waals surface area contributed by atoms with Crippen LogP contribution in [0, 0.1) is 11.6 Å². The average Bonchev–Trinajstić information content (AvgIpc) is 2.82. The number of nitrogens with one attached hydrogen (secondary N) is 1. The van der Waals surface area contributed by atoms with Gasteiger partial charge in [-0.25, -0.2) is 18.9 Å². The molecule has 0 aliphatic carbocycles. The predicted octanol–water partition coefficient (Wildman–Crippen LogP) is 4.57. The number of hydrogen-bond acceptors (Lipinski definition) is 4. The number of fused-ring (bicyclic) bond motifs is 1. The maximum atomic E-state index is 14.4. The highest BCUT2D eigenvalue weighted by Crippen LogP contribution is 2.18. The molecule has 9 heteroatoms. The van der Waals surface area contributed by atoms with Gasteiger partial charge in [0.2, 0.25) is 5.91 Å². The molecule has 0 aliphatic heterocycles. The lowest BCUT2D eigenvalue weighted by Gasteiger charge is -2.11. The van der Waals surface area contributed by atoms with E-state index in [9.17, 15) is 18.4 Å². The van der Waals surface area contributed by atoms with Crippen LogP contribution >= 0.6 is 15.9 Å². The van der Waals surface area contributed by atoms with Crippen molar-refractivity contribution in [3.05, 3.63) is 110 Å². The van der Waals surface area contributed by atoms with Gasteiger partial charge in [0.05, 0.1) is 29.8 Å². The van der Waals surface area contributed by atoms with E-state index >= 15 is 0 Å². The molecule has 0 atom stereocenters. The molecule has 0 bridgehead atoms. The summed E-state index contributed by atoms with van der Waals surface area (Å²) in [6.07, 6.45) is -0.149. The third kappa shape index (κ3) is 5.26. The Morgan fingerprint density at radius 2 is 1.76 bits per heavy atom. The van der Waals surface area contributed by atoms with E-state index in [2.05, 4.69) is 31.6 Å². The maximum absolute atomic E-state index is 14.4. The number of halogens is 3. The Kier molecular flexibility index (Phi) is 6.93. The summed E-state index contributed by atoms with van der Waals surface area (Å²) in [5.74, 6) is -1.28. The SMILES string of the molecule is C/C(=N\NC(=O)Cc1nn(Cc2ccc(Br)cc2F)c(=O)c2ccccc12)c1ccc(F)cc1. The number of hydrogen-bond donors (Lipinski definition) is 1. The van der Waals surface area contributed by atoms with E-state index in [-0.39, 0.29) is 24.3 Å². The van der Waals surface area contributed by atoms with Gasteiger partial charge in [-0.05, 0) is 42.8 Å². The Morgan fingerprint density at radius 3 is 2.47 bits per heavy atom. The molecule has 1 aromatic heterocycles. The van der Waals surface area contributed by atoms with Crippen molar-refractivity contribution >= 4 is 38.3 Å². The van der Waals surface area contributed by atoms with Crippen molar-refractivity contribution in [3.8, 4) is 0 Å². The topological polar surface area (TPSA) is 76.3 Å². The molecule has 1 amide bonds. The lowest BCUT2D eigenvalue weighted by Crippen LogP contribution is -2.28. The summed E-state index contributed by atoms with van der Waals surface area (Å²) in [6.45, 7) is 1.60. The van der Waals surface area contributed by atoms with Crippen molar-refractivity contribution in [2.24, 2.45) is 5.10 Å². The zero-order chi connectivity index (χ0) is 24.2. The maximum Gasteiger partial charge on any atom is 0.274 e. The quantitative estimate of drug-likeness (QED) is 0.296.